The lowest BCUT2D eigenvalue weighted by Crippen LogP contribution is -2.09. The molecule has 7 aromatic carbocycles. The molecule has 0 spiro atoms. The number of hydrogen-bond donors (Lipinski definition) is 0. The van der Waals surface area contributed by atoms with Gasteiger partial charge < -0.3 is 0 Å². The van der Waals surface area contributed by atoms with Crippen molar-refractivity contribution in [1.29, 1.82) is 0 Å². The Labute approximate surface area is 271 Å². The Morgan fingerprint density at radius 3 is 1.00 bits per heavy atom. The fraction of sp³-hybridized carbons (Fsp3) is 0.130. The smallest absolute Gasteiger partial charge is 0.00208 e. The molecular formula is C46H36. The summed E-state index contributed by atoms with van der Waals surface area (Å²) in [6.45, 7) is 13.5. The van der Waals surface area contributed by atoms with Crippen molar-refractivity contribution in [3.63, 3.8) is 0 Å². The first-order valence-corrected chi connectivity index (χ1v) is 16.4. The van der Waals surface area contributed by atoms with Crippen molar-refractivity contribution in [2.45, 2.75) is 41.5 Å². The second-order valence-corrected chi connectivity index (χ2v) is 13.7. The van der Waals surface area contributed by atoms with E-state index in [4.69, 9.17) is 0 Å². The molecular weight excluding hydrogens is 553 g/mol. The zero-order chi connectivity index (χ0) is 31.4. The molecule has 0 amide bonds. The van der Waals surface area contributed by atoms with E-state index in [1.165, 1.54) is 121 Å². The van der Waals surface area contributed by atoms with Crippen LogP contribution in [0.4, 0.5) is 0 Å². The van der Waals surface area contributed by atoms with E-state index in [2.05, 4.69) is 151 Å². The highest BCUT2D eigenvalue weighted by molar-refractivity contribution is 6.07. The molecule has 2 aliphatic carbocycles. The Morgan fingerprint density at radius 2 is 0.630 bits per heavy atom. The summed E-state index contributed by atoms with van der Waals surface area (Å²) >= 11 is 0. The summed E-state index contributed by atoms with van der Waals surface area (Å²) in [6.07, 6.45) is 0. The topological polar surface area (TPSA) is 0 Å². The predicted molar refractivity (Wildman–Crippen MR) is 196 cm³/mol. The summed E-state index contributed by atoms with van der Waals surface area (Å²) in [6, 6.07) is 41.9. The number of aryl methyl sites for hydroxylation is 6. The van der Waals surface area contributed by atoms with Gasteiger partial charge in [0.1, 0.15) is 0 Å². The van der Waals surface area contributed by atoms with Crippen LogP contribution in [0, 0.1) is 41.5 Å². The molecule has 0 radical (unpaired) electrons. The summed E-state index contributed by atoms with van der Waals surface area (Å²) < 4.78 is 0. The van der Waals surface area contributed by atoms with Crippen LogP contribution in [-0.2, 0) is 0 Å². The molecule has 220 valence electrons. The molecule has 0 aromatic heterocycles. The van der Waals surface area contributed by atoms with E-state index in [1.54, 1.807) is 0 Å². The first-order chi connectivity index (χ1) is 22.3. The predicted octanol–water partition coefficient (Wildman–Crippen LogP) is 10.3. The van der Waals surface area contributed by atoms with Crippen molar-refractivity contribution in [1.82, 2.24) is 0 Å². The maximum atomic E-state index is 2.45. The molecule has 9 rings (SSSR count). The van der Waals surface area contributed by atoms with Gasteiger partial charge in [0, 0.05) is 0 Å². The molecule has 0 bridgehead atoms. The Balaban J connectivity index is 1.36. The third-order valence-corrected chi connectivity index (χ3v) is 10.4. The largest absolute Gasteiger partial charge is 0.0616 e. The lowest BCUT2D eigenvalue weighted by atomic mass is 9.89. The van der Waals surface area contributed by atoms with Crippen molar-refractivity contribution in [2.75, 3.05) is 0 Å². The Kier molecular flexibility index (Phi) is 5.69. The van der Waals surface area contributed by atoms with E-state index in [0.29, 0.717) is 0 Å². The standard InChI is InChI=1S/C46H36/c1-25-15-27(3)43(28(4)16-25)45-37-13-9-7-11-35(37)39-21-31-20-34-24-42-40(22-32(34)19-33(31)23-41(39)45)36-12-8-10-14-38(36)46(42)44-29(5)17-26(2)18-30(44)6/h7-24H,1-6H3. The fourth-order valence-corrected chi connectivity index (χ4v) is 8.81. The lowest BCUT2D eigenvalue weighted by Gasteiger charge is -2.14. The van der Waals surface area contributed by atoms with Gasteiger partial charge >= 0.3 is 0 Å². The molecule has 2 aliphatic rings. The quantitative estimate of drug-likeness (QED) is 0.176. The molecule has 0 heteroatoms. The Hall–Kier alpha value is -5.20. The minimum absolute atomic E-state index is 1.29. The molecule has 0 unspecified atom stereocenters. The van der Waals surface area contributed by atoms with Crippen molar-refractivity contribution >= 4 is 32.7 Å². The van der Waals surface area contributed by atoms with Crippen LogP contribution in [0.5, 0.6) is 0 Å². The average molecular weight is 589 g/mol. The molecule has 0 heterocycles. The minimum atomic E-state index is 1.29. The van der Waals surface area contributed by atoms with Crippen molar-refractivity contribution < 1.29 is 0 Å². The monoisotopic (exact) mass is 588 g/mol. The molecule has 0 aliphatic heterocycles. The van der Waals surface area contributed by atoms with Crippen LogP contribution in [0.3, 0.4) is 0 Å². The average Bonchev–Trinajstić information content (AvgIpc) is 3.49. The van der Waals surface area contributed by atoms with Gasteiger partial charge in [-0.1, -0.05) is 83.9 Å². The summed E-state index contributed by atoms with van der Waals surface area (Å²) in [5, 5.41) is 7.85. The zero-order valence-electron chi connectivity index (χ0n) is 27.4. The Bertz CT molecular complexity index is 2400. The van der Waals surface area contributed by atoms with E-state index in [-0.39, 0.29) is 0 Å². The SMILES string of the molecule is Cc1cc(C)c(C2=c3cc4cc5cc6c(cc5cc4cc3-c3ccccc32)=C(c2c(C)cc(C)cc2C)c2ccccc2-6)c(C)c1. The van der Waals surface area contributed by atoms with E-state index < -0.39 is 0 Å². The number of hydrogen-bond acceptors (Lipinski definition) is 0. The van der Waals surface area contributed by atoms with Gasteiger partial charge in [0.05, 0.1) is 0 Å². The van der Waals surface area contributed by atoms with Gasteiger partial charge in [-0.15, -0.1) is 0 Å². The van der Waals surface area contributed by atoms with Crippen LogP contribution in [0.1, 0.15) is 55.6 Å². The second kappa shape index (κ2) is 9.65. The summed E-state index contributed by atoms with van der Waals surface area (Å²) in [4.78, 5) is 0. The molecule has 0 saturated carbocycles. The first kappa shape index (κ1) is 27.1. The van der Waals surface area contributed by atoms with Crippen molar-refractivity contribution in [3.8, 4) is 22.3 Å². The highest BCUT2D eigenvalue weighted by Crippen LogP contribution is 2.42. The second-order valence-electron chi connectivity index (χ2n) is 13.7. The van der Waals surface area contributed by atoms with Crippen molar-refractivity contribution in [2.24, 2.45) is 0 Å². The third-order valence-electron chi connectivity index (χ3n) is 10.4. The molecule has 0 fully saturated rings. The summed E-state index contributed by atoms with van der Waals surface area (Å²) in [7, 11) is 0. The molecule has 0 atom stereocenters. The highest BCUT2D eigenvalue weighted by atomic mass is 14.3. The minimum Gasteiger partial charge on any atom is -0.0616 e. The van der Waals surface area contributed by atoms with Crippen LogP contribution < -0.4 is 10.4 Å². The molecule has 46 heavy (non-hydrogen) atoms. The Morgan fingerprint density at radius 1 is 0.304 bits per heavy atom. The molecule has 0 saturated heterocycles. The molecule has 0 N–H and O–H groups in total. The first-order valence-electron chi connectivity index (χ1n) is 16.4. The maximum Gasteiger partial charge on any atom is -0.00208 e. The van der Waals surface area contributed by atoms with Crippen LogP contribution in [-0.4, -0.2) is 0 Å². The van der Waals surface area contributed by atoms with E-state index in [9.17, 15) is 0 Å². The van der Waals surface area contributed by atoms with Crippen LogP contribution in [0.25, 0.3) is 54.9 Å². The van der Waals surface area contributed by atoms with Crippen molar-refractivity contribution in [3.05, 3.63) is 175 Å². The summed E-state index contributed by atoms with van der Waals surface area (Å²) in [5.41, 5.74) is 21.5. The highest BCUT2D eigenvalue weighted by Gasteiger charge is 2.26. The fourth-order valence-electron chi connectivity index (χ4n) is 8.81. The van der Waals surface area contributed by atoms with Gasteiger partial charge in [-0.05, 0) is 188 Å². The van der Waals surface area contributed by atoms with Gasteiger partial charge in [-0.2, -0.15) is 0 Å². The number of fused-ring (bicyclic) bond motifs is 8. The van der Waals surface area contributed by atoms with Gasteiger partial charge in [-0.25, -0.2) is 0 Å². The van der Waals surface area contributed by atoms with Gasteiger partial charge in [-0.3, -0.25) is 0 Å². The number of rotatable bonds is 2. The van der Waals surface area contributed by atoms with Crippen LogP contribution in [0.2, 0.25) is 0 Å². The van der Waals surface area contributed by atoms with Crippen LogP contribution in [0.15, 0.2) is 109 Å². The van der Waals surface area contributed by atoms with E-state index in [0.717, 1.165) is 0 Å². The normalized spacial score (nSPS) is 12.9. The molecule has 0 nitrogen and oxygen atoms in total. The van der Waals surface area contributed by atoms with Gasteiger partial charge in [0.2, 0.25) is 0 Å². The summed E-state index contributed by atoms with van der Waals surface area (Å²) in [5.74, 6) is 0. The van der Waals surface area contributed by atoms with E-state index in [1.807, 2.05) is 0 Å². The third kappa shape index (κ3) is 3.80. The lowest BCUT2D eigenvalue weighted by molar-refractivity contribution is 1.28. The van der Waals surface area contributed by atoms with E-state index >= 15 is 0 Å². The maximum absolute atomic E-state index is 2.45. The van der Waals surface area contributed by atoms with Crippen LogP contribution >= 0.6 is 0 Å². The van der Waals surface area contributed by atoms with Gasteiger partial charge in [0.25, 0.3) is 0 Å². The number of benzene rings is 7. The van der Waals surface area contributed by atoms with Gasteiger partial charge in [0.15, 0.2) is 0 Å². The molecule has 7 aromatic rings. The zero-order valence-corrected chi connectivity index (χ0v) is 27.4.